The smallest absolute Gasteiger partial charge is 0.335 e. The van der Waals surface area contributed by atoms with Gasteiger partial charge < -0.3 is 14.6 Å². The molecule has 5 nitrogen and oxygen atoms in total. The quantitative estimate of drug-likeness (QED) is 0.910. The maximum absolute atomic E-state index is 11.2. The van der Waals surface area contributed by atoms with Crippen LogP contribution >= 0.6 is 0 Å². The molecule has 5 heteroatoms. The van der Waals surface area contributed by atoms with E-state index in [1.807, 2.05) is 38.2 Å². The number of fused-ring (bicyclic) bond motifs is 3. The molecule has 4 rings (SSSR count). The van der Waals surface area contributed by atoms with Gasteiger partial charge in [-0.25, -0.2) is 4.79 Å². The van der Waals surface area contributed by atoms with Crippen molar-refractivity contribution in [1.82, 2.24) is 4.98 Å². The number of carboxylic acids is 1. The molecule has 0 radical (unpaired) electrons. The van der Waals surface area contributed by atoms with Crippen molar-refractivity contribution in [3.05, 3.63) is 59.4 Å². The highest BCUT2D eigenvalue weighted by Crippen LogP contribution is 2.55. The van der Waals surface area contributed by atoms with Crippen LogP contribution in [0, 0.1) is 5.92 Å². The third-order valence-electron chi connectivity index (χ3n) is 5.03. The van der Waals surface area contributed by atoms with Crippen LogP contribution in [0.5, 0.6) is 5.75 Å². The third-order valence-corrected chi connectivity index (χ3v) is 5.03. The molecule has 0 amide bonds. The molecule has 124 valence electrons. The van der Waals surface area contributed by atoms with Crippen molar-refractivity contribution in [3.63, 3.8) is 0 Å². The number of hydrogen-bond donors (Lipinski definition) is 1. The van der Waals surface area contributed by atoms with E-state index in [0.29, 0.717) is 5.75 Å². The van der Waals surface area contributed by atoms with Crippen molar-refractivity contribution in [3.8, 4) is 5.75 Å². The summed E-state index contributed by atoms with van der Waals surface area (Å²) in [5.41, 5.74) is 1.79. The van der Waals surface area contributed by atoms with Crippen molar-refractivity contribution in [2.24, 2.45) is 5.92 Å². The number of aromatic nitrogens is 1. The maximum atomic E-state index is 11.2. The second kappa shape index (κ2) is 5.31. The number of ether oxygens (including phenoxy) is 2. The summed E-state index contributed by atoms with van der Waals surface area (Å²) >= 11 is 0. The van der Waals surface area contributed by atoms with Gasteiger partial charge in [0.15, 0.2) is 0 Å². The Bertz CT molecular complexity index is 787. The van der Waals surface area contributed by atoms with Gasteiger partial charge in [-0.3, -0.25) is 4.98 Å². The van der Waals surface area contributed by atoms with Crippen LogP contribution in [0.1, 0.15) is 54.0 Å². The van der Waals surface area contributed by atoms with Gasteiger partial charge in [-0.1, -0.05) is 12.1 Å². The minimum atomic E-state index is -0.957. The van der Waals surface area contributed by atoms with Crippen LogP contribution in [0.25, 0.3) is 0 Å². The fourth-order valence-corrected chi connectivity index (χ4v) is 3.75. The number of benzene rings is 1. The molecule has 2 aromatic rings. The molecule has 1 saturated heterocycles. The van der Waals surface area contributed by atoms with Crippen LogP contribution in [-0.2, 0) is 4.74 Å². The highest BCUT2D eigenvalue weighted by Gasteiger charge is 2.50. The van der Waals surface area contributed by atoms with E-state index in [1.54, 1.807) is 18.3 Å². The molecule has 0 spiro atoms. The molecule has 24 heavy (non-hydrogen) atoms. The van der Waals surface area contributed by atoms with E-state index >= 15 is 0 Å². The second-order valence-electron chi connectivity index (χ2n) is 6.94. The Morgan fingerprint density at radius 1 is 1.33 bits per heavy atom. The number of hydrogen-bond acceptors (Lipinski definition) is 4. The highest BCUT2D eigenvalue weighted by atomic mass is 16.5. The standard InChI is InChI=1S/C19H19NO4/c1-19(2)14-9-15(12-4-3-7-20-10-12)23-17(14)13-6-5-11(18(21)22)8-16(13)24-19/h3-8,10,14-15,17H,9H2,1-2H3,(H,21,22). The minimum Gasteiger partial charge on any atom is -0.487 e. The zero-order valence-corrected chi connectivity index (χ0v) is 13.6. The topological polar surface area (TPSA) is 68.7 Å². The lowest BCUT2D eigenvalue weighted by Gasteiger charge is -2.41. The predicted molar refractivity (Wildman–Crippen MR) is 87.0 cm³/mol. The lowest BCUT2D eigenvalue weighted by Crippen LogP contribution is -2.42. The van der Waals surface area contributed by atoms with Gasteiger partial charge >= 0.3 is 5.97 Å². The second-order valence-corrected chi connectivity index (χ2v) is 6.94. The molecule has 1 aromatic carbocycles. The fraction of sp³-hybridized carbons (Fsp3) is 0.368. The van der Waals surface area contributed by atoms with Gasteiger partial charge in [0.25, 0.3) is 0 Å². The molecule has 3 unspecified atom stereocenters. The summed E-state index contributed by atoms with van der Waals surface area (Å²) in [5.74, 6) is -0.152. The summed E-state index contributed by atoms with van der Waals surface area (Å²) in [6.45, 7) is 4.08. The number of rotatable bonds is 2. The van der Waals surface area contributed by atoms with Crippen LogP contribution in [0.4, 0.5) is 0 Å². The molecule has 1 fully saturated rings. The fourth-order valence-electron chi connectivity index (χ4n) is 3.75. The first-order chi connectivity index (χ1) is 11.5. The average Bonchev–Trinajstić information content (AvgIpc) is 3.01. The Hall–Kier alpha value is -2.40. The van der Waals surface area contributed by atoms with Gasteiger partial charge in [0, 0.05) is 23.9 Å². The number of nitrogens with zero attached hydrogens (tertiary/aromatic N) is 1. The summed E-state index contributed by atoms with van der Waals surface area (Å²) in [7, 11) is 0. The van der Waals surface area contributed by atoms with E-state index in [9.17, 15) is 9.90 Å². The summed E-state index contributed by atoms with van der Waals surface area (Å²) in [5, 5.41) is 9.20. The molecule has 0 saturated carbocycles. The van der Waals surface area contributed by atoms with Gasteiger partial charge in [0.05, 0.1) is 17.8 Å². The van der Waals surface area contributed by atoms with Crippen LogP contribution in [0.15, 0.2) is 42.7 Å². The molecule has 2 aliphatic rings. The van der Waals surface area contributed by atoms with E-state index in [4.69, 9.17) is 9.47 Å². The van der Waals surface area contributed by atoms with Crippen LogP contribution in [0.2, 0.25) is 0 Å². The first kappa shape index (κ1) is 15.1. The van der Waals surface area contributed by atoms with Crippen molar-refractivity contribution in [1.29, 1.82) is 0 Å². The monoisotopic (exact) mass is 325 g/mol. The van der Waals surface area contributed by atoms with Gasteiger partial charge in [-0.15, -0.1) is 0 Å². The number of carboxylic acid groups (broad SMARTS) is 1. The van der Waals surface area contributed by atoms with Crippen molar-refractivity contribution >= 4 is 5.97 Å². The van der Waals surface area contributed by atoms with Gasteiger partial charge in [-0.05, 0) is 44.0 Å². The predicted octanol–water partition coefficient (Wildman–Crippen LogP) is 3.77. The number of aromatic carboxylic acids is 1. The van der Waals surface area contributed by atoms with Crippen LogP contribution < -0.4 is 4.74 Å². The molecule has 2 aliphatic heterocycles. The van der Waals surface area contributed by atoms with E-state index in [1.165, 1.54) is 0 Å². The average molecular weight is 325 g/mol. The number of pyridine rings is 1. The largest absolute Gasteiger partial charge is 0.487 e. The Morgan fingerprint density at radius 3 is 2.88 bits per heavy atom. The van der Waals surface area contributed by atoms with Crippen LogP contribution in [0.3, 0.4) is 0 Å². The first-order valence-electron chi connectivity index (χ1n) is 8.07. The zero-order chi connectivity index (χ0) is 16.9. The Labute approximate surface area is 140 Å². The summed E-state index contributed by atoms with van der Waals surface area (Å²) in [6, 6.07) is 8.96. The van der Waals surface area contributed by atoms with Crippen molar-refractivity contribution in [2.75, 3.05) is 0 Å². The Morgan fingerprint density at radius 2 is 2.17 bits per heavy atom. The molecule has 3 atom stereocenters. The van der Waals surface area contributed by atoms with E-state index in [2.05, 4.69) is 4.98 Å². The van der Waals surface area contributed by atoms with E-state index in [0.717, 1.165) is 17.5 Å². The van der Waals surface area contributed by atoms with Gasteiger partial charge in [0.2, 0.25) is 0 Å². The number of carbonyl (C=O) groups is 1. The van der Waals surface area contributed by atoms with Gasteiger partial charge in [-0.2, -0.15) is 0 Å². The molecule has 1 aromatic heterocycles. The molecule has 0 bridgehead atoms. The summed E-state index contributed by atoms with van der Waals surface area (Å²) in [6.07, 6.45) is 4.31. The molecule has 1 N–H and O–H groups in total. The molecular weight excluding hydrogens is 306 g/mol. The molecule has 3 heterocycles. The maximum Gasteiger partial charge on any atom is 0.335 e. The van der Waals surface area contributed by atoms with Crippen molar-refractivity contribution < 1.29 is 19.4 Å². The van der Waals surface area contributed by atoms with Crippen molar-refractivity contribution in [2.45, 2.75) is 38.1 Å². The SMILES string of the molecule is CC1(C)Oc2cc(C(=O)O)ccc2C2OC(c3cccnc3)CC21. The first-order valence-corrected chi connectivity index (χ1v) is 8.07. The third kappa shape index (κ3) is 2.36. The highest BCUT2D eigenvalue weighted by molar-refractivity contribution is 5.88. The van der Waals surface area contributed by atoms with Crippen LogP contribution in [-0.4, -0.2) is 21.7 Å². The lowest BCUT2D eigenvalue weighted by atomic mass is 9.78. The van der Waals surface area contributed by atoms with Gasteiger partial charge in [0.1, 0.15) is 11.4 Å². The summed E-state index contributed by atoms with van der Waals surface area (Å²) < 4.78 is 12.5. The Kier molecular flexibility index (Phi) is 3.35. The molecule has 0 aliphatic carbocycles. The normalized spacial score (nSPS) is 27.0. The molecular formula is C19H19NO4. The van der Waals surface area contributed by atoms with E-state index in [-0.39, 0.29) is 23.7 Å². The Balaban J connectivity index is 1.73. The van der Waals surface area contributed by atoms with E-state index < -0.39 is 11.6 Å². The minimum absolute atomic E-state index is 0.0262. The lowest BCUT2D eigenvalue weighted by molar-refractivity contribution is -0.0423. The summed E-state index contributed by atoms with van der Waals surface area (Å²) in [4.78, 5) is 15.4. The zero-order valence-electron chi connectivity index (χ0n) is 13.6.